The van der Waals surface area contributed by atoms with Crippen molar-refractivity contribution in [3.63, 3.8) is 0 Å². The monoisotopic (exact) mass is 302 g/mol. The minimum absolute atomic E-state index is 0.633. The number of hydrogen-bond acceptors (Lipinski definition) is 3. The highest BCUT2D eigenvalue weighted by molar-refractivity contribution is 5.82. The number of hydrogen-bond donors (Lipinski definition) is 2. The molecule has 22 heavy (non-hydrogen) atoms. The lowest BCUT2D eigenvalue weighted by Gasteiger charge is -2.13. The van der Waals surface area contributed by atoms with E-state index in [0.717, 1.165) is 36.8 Å². The second-order valence-corrected chi connectivity index (χ2v) is 5.66. The van der Waals surface area contributed by atoms with Crippen LogP contribution in [0.1, 0.15) is 17.7 Å². The van der Waals surface area contributed by atoms with Crippen LogP contribution in [0.3, 0.4) is 0 Å². The van der Waals surface area contributed by atoms with Crippen LogP contribution in [0.2, 0.25) is 0 Å². The summed E-state index contributed by atoms with van der Waals surface area (Å²) in [5.41, 5.74) is 2.12. The van der Waals surface area contributed by atoms with E-state index in [2.05, 4.69) is 47.6 Å². The molecular weight excluding hydrogens is 276 g/mol. The van der Waals surface area contributed by atoms with Gasteiger partial charge < -0.3 is 20.0 Å². The van der Waals surface area contributed by atoms with Gasteiger partial charge in [-0.15, -0.1) is 0 Å². The molecule has 120 valence electrons. The van der Waals surface area contributed by atoms with Crippen LogP contribution in [-0.4, -0.2) is 45.1 Å². The SMILES string of the molecule is CN=C(NCCCN(C)C)NCc1oc2ccccc2c1C. The summed E-state index contributed by atoms with van der Waals surface area (Å²) < 4.78 is 5.90. The second kappa shape index (κ2) is 7.84. The molecule has 0 unspecified atom stereocenters. The van der Waals surface area contributed by atoms with Gasteiger partial charge in [-0.25, -0.2) is 0 Å². The van der Waals surface area contributed by atoms with E-state index < -0.39 is 0 Å². The lowest BCUT2D eigenvalue weighted by molar-refractivity contribution is 0.399. The number of benzene rings is 1. The van der Waals surface area contributed by atoms with Gasteiger partial charge in [0.1, 0.15) is 11.3 Å². The predicted molar refractivity (Wildman–Crippen MR) is 92.3 cm³/mol. The average molecular weight is 302 g/mol. The first-order chi connectivity index (χ1) is 10.6. The van der Waals surface area contributed by atoms with E-state index in [9.17, 15) is 0 Å². The summed E-state index contributed by atoms with van der Waals surface area (Å²) in [7, 11) is 5.95. The normalized spacial score (nSPS) is 12.1. The third-order valence-corrected chi connectivity index (χ3v) is 3.66. The number of furan rings is 1. The van der Waals surface area contributed by atoms with Crippen molar-refractivity contribution in [3.05, 3.63) is 35.6 Å². The molecule has 0 bridgehead atoms. The van der Waals surface area contributed by atoms with Gasteiger partial charge in [-0.2, -0.15) is 0 Å². The van der Waals surface area contributed by atoms with Gasteiger partial charge in [-0.3, -0.25) is 4.99 Å². The van der Waals surface area contributed by atoms with Gasteiger partial charge in [0.15, 0.2) is 5.96 Å². The fourth-order valence-electron chi connectivity index (χ4n) is 2.38. The molecule has 0 radical (unpaired) electrons. The van der Waals surface area contributed by atoms with Crippen molar-refractivity contribution in [2.75, 3.05) is 34.2 Å². The first-order valence-electron chi connectivity index (χ1n) is 7.68. The Morgan fingerprint density at radius 3 is 2.68 bits per heavy atom. The number of rotatable bonds is 6. The number of nitrogens with zero attached hydrogens (tertiary/aromatic N) is 2. The van der Waals surface area contributed by atoms with E-state index in [4.69, 9.17) is 4.42 Å². The fourth-order valence-corrected chi connectivity index (χ4v) is 2.38. The van der Waals surface area contributed by atoms with Crippen molar-refractivity contribution in [2.45, 2.75) is 19.9 Å². The van der Waals surface area contributed by atoms with Crippen molar-refractivity contribution >= 4 is 16.9 Å². The van der Waals surface area contributed by atoms with Crippen LogP contribution in [0.25, 0.3) is 11.0 Å². The zero-order valence-electron chi connectivity index (χ0n) is 13.9. The average Bonchev–Trinajstić information content (AvgIpc) is 2.83. The highest BCUT2D eigenvalue weighted by Gasteiger charge is 2.10. The van der Waals surface area contributed by atoms with E-state index in [1.54, 1.807) is 7.05 Å². The molecule has 0 saturated carbocycles. The molecule has 0 amide bonds. The number of nitrogens with one attached hydrogen (secondary N) is 2. The van der Waals surface area contributed by atoms with Crippen molar-refractivity contribution in [2.24, 2.45) is 4.99 Å². The summed E-state index contributed by atoms with van der Waals surface area (Å²) in [6.45, 7) is 4.69. The summed E-state index contributed by atoms with van der Waals surface area (Å²) in [6.07, 6.45) is 1.08. The van der Waals surface area contributed by atoms with Crippen molar-refractivity contribution < 1.29 is 4.42 Å². The van der Waals surface area contributed by atoms with Crippen LogP contribution >= 0.6 is 0 Å². The van der Waals surface area contributed by atoms with Gasteiger partial charge in [-0.05, 0) is 40.1 Å². The Morgan fingerprint density at radius 1 is 1.23 bits per heavy atom. The topological polar surface area (TPSA) is 52.8 Å². The zero-order valence-corrected chi connectivity index (χ0v) is 13.9. The van der Waals surface area contributed by atoms with Gasteiger partial charge in [0.05, 0.1) is 6.54 Å². The fraction of sp³-hybridized carbons (Fsp3) is 0.471. The lowest BCUT2D eigenvalue weighted by atomic mass is 10.1. The van der Waals surface area contributed by atoms with Crippen LogP contribution in [0.5, 0.6) is 0 Å². The van der Waals surface area contributed by atoms with Crippen molar-refractivity contribution in [3.8, 4) is 0 Å². The molecule has 0 spiro atoms. The molecule has 1 aromatic heterocycles. The summed E-state index contributed by atoms with van der Waals surface area (Å²) >= 11 is 0. The molecule has 0 fully saturated rings. The van der Waals surface area contributed by atoms with Crippen molar-refractivity contribution in [1.29, 1.82) is 0 Å². The molecular formula is C17H26N4O. The highest BCUT2D eigenvalue weighted by Crippen LogP contribution is 2.24. The van der Waals surface area contributed by atoms with Crippen LogP contribution in [0.15, 0.2) is 33.7 Å². The molecule has 0 atom stereocenters. The maximum Gasteiger partial charge on any atom is 0.191 e. The molecule has 0 aliphatic carbocycles. The number of para-hydroxylation sites is 1. The largest absolute Gasteiger partial charge is 0.459 e. The molecule has 1 heterocycles. The van der Waals surface area contributed by atoms with Crippen molar-refractivity contribution in [1.82, 2.24) is 15.5 Å². The molecule has 2 aromatic rings. The predicted octanol–water partition coefficient (Wildman–Crippen LogP) is 2.36. The molecule has 0 saturated heterocycles. The van der Waals surface area contributed by atoms with Crippen LogP contribution < -0.4 is 10.6 Å². The molecule has 5 nitrogen and oxygen atoms in total. The van der Waals surface area contributed by atoms with E-state index >= 15 is 0 Å². The van der Waals surface area contributed by atoms with Crippen LogP contribution in [0, 0.1) is 6.92 Å². The first-order valence-corrected chi connectivity index (χ1v) is 7.68. The third kappa shape index (κ3) is 4.24. The molecule has 2 N–H and O–H groups in total. The Bertz CT molecular complexity index is 631. The Morgan fingerprint density at radius 2 is 2.00 bits per heavy atom. The zero-order chi connectivity index (χ0) is 15.9. The standard InChI is InChI=1S/C17H26N4O/c1-13-14-8-5-6-9-15(14)22-16(13)12-20-17(18-2)19-10-7-11-21(3)4/h5-6,8-9H,7,10-12H2,1-4H3,(H2,18,19,20). The summed E-state index contributed by atoms with van der Waals surface area (Å²) in [5, 5.41) is 7.80. The Balaban J connectivity index is 1.88. The number of aliphatic imine (C=N–C) groups is 1. The Kier molecular flexibility index (Phi) is 5.83. The third-order valence-electron chi connectivity index (χ3n) is 3.66. The maximum absolute atomic E-state index is 5.90. The van der Waals surface area contributed by atoms with E-state index in [1.165, 1.54) is 10.9 Å². The minimum Gasteiger partial charge on any atom is -0.459 e. The molecule has 1 aromatic carbocycles. The van der Waals surface area contributed by atoms with Gasteiger partial charge >= 0.3 is 0 Å². The number of fused-ring (bicyclic) bond motifs is 1. The van der Waals surface area contributed by atoms with Gasteiger partial charge in [-0.1, -0.05) is 18.2 Å². The summed E-state index contributed by atoms with van der Waals surface area (Å²) in [6, 6.07) is 8.12. The molecule has 0 aliphatic heterocycles. The lowest BCUT2D eigenvalue weighted by Crippen LogP contribution is -2.38. The van der Waals surface area contributed by atoms with Gasteiger partial charge in [0.25, 0.3) is 0 Å². The highest BCUT2D eigenvalue weighted by atomic mass is 16.3. The Labute approximate surface area is 132 Å². The van der Waals surface area contributed by atoms with Gasteiger partial charge in [0, 0.05) is 24.5 Å². The van der Waals surface area contributed by atoms with E-state index in [1.807, 2.05) is 18.2 Å². The maximum atomic E-state index is 5.90. The van der Waals surface area contributed by atoms with Crippen LogP contribution in [-0.2, 0) is 6.54 Å². The Hall–Kier alpha value is -2.01. The number of guanidine groups is 1. The molecule has 0 aliphatic rings. The smallest absolute Gasteiger partial charge is 0.191 e. The second-order valence-electron chi connectivity index (χ2n) is 5.66. The summed E-state index contributed by atoms with van der Waals surface area (Å²) in [4.78, 5) is 6.42. The van der Waals surface area contributed by atoms with Crippen LogP contribution in [0.4, 0.5) is 0 Å². The quantitative estimate of drug-likeness (QED) is 0.489. The first kappa shape index (κ1) is 16.4. The molecule has 2 rings (SSSR count). The molecule has 5 heteroatoms. The minimum atomic E-state index is 0.633. The number of aryl methyl sites for hydroxylation is 1. The van der Waals surface area contributed by atoms with E-state index in [0.29, 0.717) is 6.54 Å². The van der Waals surface area contributed by atoms with Gasteiger partial charge in [0.2, 0.25) is 0 Å². The van der Waals surface area contributed by atoms with E-state index in [-0.39, 0.29) is 0 Å². The summed E-state index contributed by atoms with van der Waals surface area (Å²) in [5.74, 6) is 1.76.